The smallest absolute Gasteiger partial charge is 0.192 e. The lowest BCUT2D eigenvalue weighted by atomic mass is 10.2. The summed E-state index contributed by atoms with van der Waals surface area (Å²) in [6, 6.07) is 3.59. The van der Waals surface area contributed by atoms with Gasteiger partial charge in [0.2, 0.25) is 0 Å². The van der Waals surface area contributed by atoms with E-state index in [1.807, 2.05) is 6.07 Å². The third-order valence-corrected chi connectivity index (χ3v) is 9.53. The van der Waals surface area contributed by atoms with Gasteiger partial charge < -0.3 is 18.3 Å². The Bertz CT molecular complexity index is 717. The number of hydrogen-bond acceptors (Lipinski definition) is 4. The van der Waals surface area contributed by atoms with Crippen molar-refractivity contribution in [3.8, 4) is 11.5 Å². The van der Waals surface area contributed by atoms with Crippen LogP contribution in [0.3, 0.4) is 0 Å². The van der Waals surface area contributed by atoms with E-state index in [4.69, 9.17) is 29.9 Å². The number of halogens is 1. The number of fused-ring (bicyclic) bond motifs is 3. The van der Waals surface area contributed by atoms with Gasteiger partial charge in [0.15, 0.2) is 31.5 Å². The Morgan fingerprint density at radius 2 is 2.09 bits per heavy atom. The molecule has 0 fully saturated rings. The Hall–Kier alpha value is -1.17. The van der Waals surface area contributed by atoms with Crippen molar-refractivity contribution < 1.29 is 18.3 Å². The predicted octanol–water partition coefficient (Wildman–Crippen LogP) is 5.25. The van der Waals surface area contributed by atoms with E-state index in [-0.39, 0.29) is 11.1 Å². The van der Waals surface area contributed by atoms with Gasteiger partial charge in [0.25, 0.3) is 0 Å². The second-order valence-electron chi connectivity index (χ2n) is 7.47. The first-order chi connectivity index (χ1) is 10.7. The van der Waals surface area contributed by atoms with Crippen molar-refractivity contribution in [2.24, 2.45) is 0 Å². The Morgan fingerprint density at radius 3 is 2.78 bits per heavy atom. The van der Waals surface area contributed by atoms with Crippen LogP contribution in [0.5, 0.6) is 11.5 Å². The summed E-state index contributed by atoms with van der Waals surface area (Å²) in [6.45, 7) is 12.1. The number of furan rings is 1. The fraction of sp³-hybridized carbons (Fsp3) is 0.529. The van der Waals surface area contributed by atoms with Crippen LogP contribution in [0.4, 0.5) is 0 Å². The molecule has 0 saturated carbocycles. The second kappa shape index (κ2) is 5.72. The zero-order valence-corrected chi connectivity index (χ0v) is 16.0. The van der Waals surface area contributed by atoms with Crippen LogP contribution in [0, 0.1) is 0 Å². The zero-order valence-electron chi connectivity index (χ0n) is 14.2. The summed E-state index contributed by atoms with van der Waals surface area (Å²) >= 11 is 6.24. The fourth-order valence-electron chi connectivity index (χ4n) is 2.28. The van der Waals surface area contributed by atoms with Crippen LogP contribution in [-0.2, 0) is 4.43 Å². The van der Waals surface area contributed by atoms with Gasteiger partial charge >= 0.3 is 0 Å². The monoisotopic (exact) mass is 354 g/mol. The Kier molecular flexibility index (Phi) is 4.15. The molecule has 1 aliphatic heterocycles. The molecule has 0 radical (unpaired) electrons. The largest absolute Gasteiger partial charge is 0.485 e. The van der Waals surface area contributed by atoms with Crippen molar-refractivity contribution in [1.29, 1.82) is 0 Å². The van der Waals surface area contributed by atoms with Crippen LogP contribution in [0.15, 0.2) is 22.8 Å². The molecule has 1 aromatic heterocycles. The highest BCUT2D eigenvalue weighted by atomic mass is 35.5. The summed E-state index contributed by atoms with van der Waals surface area (Å²) in [5, 5.41) is 1.54. The van der Waals surface area contributed by atoms with Gasteiger partial charge in [-0.15, -0.1) is 0 Å². The normalized spacial score (nSPS) is 18.4. The molecule has 1 aromatic carbocycles. The first-order valence-corrected chi connectivity index (χ1v) is 11.1. The van der Waals surface area contributed by atoms with E-state index < -0.39 is 8.32 Å². The zero-order chi connectivity index (χ0) is 16.8. The molecular weight excluding hydrogens is 332 g/mol. The Labute approximate surface area is 142 Å². The molecule has 0 saturated heterocycles. The van der Waals surface area contributed by atoms with Gasteiger partial charge in [-0.1, -0.05) is 32.4 Å². The van der Waals surface area contributed by atoms with Crippen molar-refractivity contribution in [3.63, 3.8) is 0 Å². The number of hydrogen-bond donors (Lipinski definition) is 0. The molecule has 0 bridgehead atoms. The first-order valence-electron chi connectivity index (χ1n) is 7.82. The maximum atomic E-state index is 6.24. The van der Waals surface area contributed by atoms with E-state index in [2.05, 4.69) is 33.9 Å². The van der Waals surface area contributed by atoms with E-state index >= 15 is 0 Å². The Morgan fingerprint density at radius 1 is 1.35 bits per heavy atom. The molecule has 6 heteroatoms. The molecule has 0 unspecified atom stereocenters. The lowest BCUT2D eigenvalue weighted by Crippen LogP contribution is -2.45. The summed E-state index contributed by atoms with van der Waals surface area (Å²) in [5.41, 5.74) is 0.630. The third kappa shape index (κ3) is 3.10. The minimum Gasteiger partial charge on any atom is -0.485 e. The molecular formula is C17H23ClO4Si. The molecule has 0 N–H and O–H groups in total. The van der Waals surface area contributed by atoms with Crippen molar-refractivity contribution in [1.82, 2.24) is 0 Å². The molecule has 1 atom stereocenters. The summed E-state index contributed by atoms with van der Waals surface area (Å²) in [6.07, 6.45) is 1.48. The maximum Gasteiger partial charge on any atom is 0.192 e. The highest BCUT2D eigenvalue weighted by Crippen LogP contribution is 2.43. The van der Waals surface area contributed by atoms with E-state index in [0.717, 1.165) is 5.39 Å². The average molecular weight is 355 g/mol. The van der Waals surface area contributed by atoms with Gasteiger partial charge in [-0.05, 0) is 24.2 Å². The van der Waals surface area contributed by atoms with Crippen molar-refractivity contribution in [2.45, 2.75) is 45.0 Å². The van der Waals surface area contributed by atoms with Crippen LogP contribution in [0.1, 0.15) is 20.8 Å². The average Bonchev–Trinajstić information content (AvgIpc) is 2.94. The highest BCUT2D eigenvalue weighted by Gasteiger charge is 2.38. The minimum absolute atomic E-state index is 0.128. The summed E-state index contributed by atoms with van der Waals surface area (Å²) in [4.78, 5) is 0. The molecule has 126 valence electrons. The highest BCUT2D eigenvalue weighted by molar-refractivity contribution is 6.74. The number of ether oxygens (including phenoxy) is 2. The van der Waals surface area contributed by atoms with Crippen LogP contribution in [0.2, 0.25) is 23.2 Å². The maximum absolute atomic E-state index is 6.24. The SMILES string of the molecule is CC(C)(C)[Si](C)(C)OC[C@H]1COc2c(cc(Cl)c3occc23)O1. The van der Waals surface area contributed by atoms with Crippen LogP contribution >= 0.6 is 11.6 Å². The van der Waals surface area contributed by atoms with Gasteiger partial charge in [0, 0.05) is 6.07 Å². The van der Waals surface area contributed by atoms with Gasteiger partial charge in [-0.2, -0.15) is 0 Å². The van der Waals surface area contributed by atoms with E-state index in [1.165, 1.54) is 0 Å². The van der Waals surface area contributed by atoms with Crippen molar-refractivity contribution in [3.05, 3.63) is 23.4 Å². The van der Waals surface area contributed by atoms with Crippen LogP contribution in [0.25, 0.3) is 11.0 Å². The molecule has 4 nitrogen and oxygen atoms in total. The molecule has 1 aliphatic rings. The van der Waals surface area contributed by atoms with Crippen molar-refractivity contribution >= 4 is 30.9 Å². The summed E-state index contributed by atoms with van der Waals surface area (Å²) in [5.74, 6) is 1.35. The lowest BCUT2D eigenvalue weighted by Gasteiger charge is -2.37. The summed E-state index contributed by atoms with van der Waals surface area (Å²) in [7, 11) is -1.80. The first kappa shape index (κ1) is 16.7. The van der Waals surface area contributed by atoms with Gasteiger partial charge in [-0.25, -0.2) is 0 Å². The molecule has 23 heavy (non-hydrogen) atoms. The van der Waals surface area contributed by atoms with Crippen molar-refractivity contribution in [2.75, 3.05) is 13.2 Å². The molecule has 2 heterocycles. The standard InChI is InChI=1S/C17H23ClO4Si/c1-17(2,3)23(4,5)21-10-11-9-20-16-12-6-7-19-15(12)13(18)8-14(16)22-11/h6-8,11H,9-10H2,1-5H3/t11-/m1/s1. The lowest BCUT2D eigenvalue weighted by molar-refractivity contribution is 0.0503. The Balaban J connectivity index is 1.75. The van der Waals surface area contributed by atoms with Gasteiger partial charge in [0.05, 0.1) is 23.3 Å². The van der Waals surface area contributed by atoms with Gasteiger partial charge in [0.1, 0.15) is 6.61 Å². The number of rotatable bonds is 3. The second-order valence-corrected chi connectivity index (χ2v) is 12.7. The molecule has 0 amide bonds. The van der Waals surface area contributed by atoms with Gasteiger partial charge in [-0.3, -0.25) is 0 Å². The molecule has 0 spiro atoms. The summed E-state index contributed by atoms with van der Waals surface area (Å²) < 4.78 is 23.6. The molecule has 0 aliphatic carbocycles. The topological polar surface area (TPSA) is 40.8 Å². The van der Waals surface area contributed by atoms with E-state index in [9.17, 15) is 0 Å². The quantitative estimate of drug-likeness (QED) is 0.706. The van der Waals surface area contributed by atoms with Crippen LogP contribution in [-0.4, -0.2) is 27.6 Å². The van der Waals surface area contributed by atoms with E-state index in [1.54, 1.807) is 12.3 Å². The molecule has 2 aromatic rings. The third-order valence-electron chi connectivity index (χ3n) is 4.75. The number of benzene rings is 1. The minimum atomic E-state index is -1.80. The predicted molar refractivity (Wildman–Crippen MR) is 94.3 cm³/mol. The fourth-order valence-corrected chi connectivity index (χ4v) is 3.56. The molecule has 3 rings (SSSR count). The van der Waals surface area contributed by atoms with Crippen LogP contribution < -0.4 is 9.47 Å². The van der Waals surface area contributed by atoms with E-state index in [0.29, 0.717) is 35.3 Å².